The average molecular weight is 415 g/mol. The summed E-state index contributed by atoms with van der Waals surface area (Å²) in [6.45, 7) is 2.11. The zero-order valence-electron chi connectivity index (χ0n) is 18.3. The largest absolute Gasteiger partial charge is 0.354 e. The van der Waals surface area contributed by atoms with Gasteiger partial charge in [-0.15, -0.1) is 0 Å². The summed E-state index contributed by atoms with van der Waals surface area (Å²) in [7, 11) is 1.94. The fraction of sp³-hybridized carbons (Fsp3) is 0.423. The van der Waals surface area contributed by atoms with Crippen molar-refractivity contribution in [3.05, 3.63) is 59.9 Å². The second-order valence-corrected chi connectivity index (χ2v) is 9.08. The minimum atomic E-state index is 0.0655. The van der Waals surface area contributed by atoms with Crippen molar-refractivity contribution in [2.75, 3.05) is 12.4 Å². The lowest BCUT2D eigenvalue weighted by Crippen LogP contribution is -2.34. The molecule has 5 nitrogen and oxygen atoms in total. The first-order valence-electron chi connectivity index (χ1n) is 11.5. The van der Waals surface area contributed by atoms with Crippen LogP contribution < -0.4 is 5.32 Å². The summed E-state index contributed by atoms with van der Waals surface area (Å²) >= 11 is 0. The fourth-order valence-electron chi connectivity index (χ4n) is 4.80. The number of hydrogen-bond donors (Lipinski definition) is 1. The van der Waals surface area contributed by atoms with Crippen LogP contribution in [-0.2, 0) is 4.79 Å². The van der Waals surface area contributed by atoms with E-state index in [-0.39, 0.29) is 17.9 Å². The second kappa shape index (κ2) is 8.29. The highest BCUT2D eigenvalue weighted by Crippen LogP contribution is 2.46. The van der Waals surface area contributed by atoms with Crippen LogP contribution in [0.3, 0.4) is 0 Å². The molecule has 1 amide bonds. The molecule has 3 aromatic rings. The Labute approximate surface area is 183 Å². The molecule has 2 heterocycles. The molecular weight excluding hydrogens is 384 g/mol. The van der Waals surface area contributed by atoms with Gasteiger partial charge in [-0.25, -0.2) is 0 Å². The monoisotopic (exact) mass is 414 g/mol. The van der Waals surface area contributed by atoms with Gasteiger partial charge in [0.05, 0.1) is 29.0 Å². The number of carbonyl (C=O) groups excluding carboxylic acids is 1. The lowest BCUT2D eigenvalue weighted by Gasteiger charge is -2.28. The first-order valence-corrected chi connectivity index (χ1v) is 11.5. The molecule has 2 aromatic heterocycles. The van der Waals surface area contributed by atoms with Crippen molar-refractivity contribution < 1.29 is 4.79 Å². The predicted molar refractivity (Wildman–Crippen MR) is 124 cm³/mol. The molecule has 1 N–H and O–H groups in total. The van der Waals surface area contributed by atoms with E-state index in [0.717, 1.165) is 40.8 Å². The van der Waals surface area contributed by atoms with Crippen molar-refractivity contribution in [1.82, 2.24) is 14.9 Å². The maximum Gasteiger partial charge on any atom is 0.225 e. The molecular formula is C26H30N4O. The minimum Gasteiger partial charge on any atom is -0.354 e. The highest BCUT2D eigenvalue weighted by molar-refractivity contribution is 5.85. The van der Waals surface area contributed by atoms with Crippen molar-refractivity contribution >= 4 is 28.3 Å². The zero-order valence-corrected chi connectivity index (χ0v) is 18.3. The summed E-state index contributed by atoms with van der Waals surface area (Å²) in [5.74, 6) is 1.07. The Morgan fingerprint density at radius 2 is 1.81 bits per heavy atom. The molecule has 1 aromatic carbocycles. The summed E-state index contributed by atoms with van der Waals surface area (Å²) < 4.78 is 0. The van der Waals surface area contributed by atoms with Crippen LogP contribution in [0.25, 0.3) is 11.0 Å². The van der Waals surface area contributed by atoms with E-state index in [4.69, 9.17) is 0 Å². The molecule has 0 spiro atoms. The van der Waals surface area contributed by atoms with Gasteiger partial charge in [-0.2, -0.15) is 0 Å². The first kappa shape index (κ1) is 20.0. The molecule has 5 heteroatoms. The molecule has 0 aliphatic heterocycles. The number of anilines is 2. The molecule has 0 bridgehead atoms. The summed E-state index contributed by atoms with van der Waals surface area (Å²) in [6, 6.07) is 12.5. The van der Waals surface area contributed by atoms with Crippen molar-refractivity contribution in [3.8, 4) is 0 Å². The number of carbonyl (C=O) groups is 1. The minimum absolute atomic E-state index is 0.0655. The SMILES string of the molecule is CC(c1ccc(Nc2cnc3cccnc3c2C2CC2)cc1)N(C)C(=O)C1CCCC1. The number of rotatable bonds is 6. The Bertz CT molecular complexity index is 1080. The summed E-state index contributed by atoms with van der Waals surface area (Å²) in [5, 5.41) is 3.57. The van der Waals surface area contributed by atoms with Crippen LogP contribution in [0.15, 0.2) is 48.8 Å². The normalized spacial score (nSPS) is 17.6. The van der Waals surface area contributed by atoms with Gasteiger partial charge in [0, 0.05) is 30.4 Å². The van der Waals surface area contributed by atoms with E-state index in [0.29, 0.717) is 5.92 Å². The van der Waals surface area contributed by atoms with Crippen LogP contribution in [0.1, 0.15) is 68.5 Å². The molecule has 0 radical (unpaired) electrons. The highest BCUT2D eigenvalue weighted by atomic mass is 16.2. The van der Waals surface area contributed by atoms with Gasteiger partial charge in [-0.05, 0) is 68.4 Å². The third kappa shape index (κ3) is 4.01. The van der Waals surface area contributed by atoms with Gasteiger partial charge in [0.1, 0.15) is 0 Å². The number of hydrogen-bond acceptors (Lipinski definition) is 4. The molecule has 160 valence electrons. The maximum absolute atomic E-state index is 12.8. The van der Waals surface area contributed by atoms with Gasteiger partial charge >= 0.3 is 0 Å². The van der Waals surface area contributed by atoms with Crippen LogP contribution in [0.2, 0.25) is 0 Å². The number of nitrogens with one attached hydrogen (secondary N) is 1. The first-order chi connectivity index (χ1) is 15.1. The van der Waals surface area contributed by atoms with Gasteiger partial charge < -0.3 is 10.2 Å². The lowest BCUT2D eigenvalue weighted by molar-refractivity contribution is -0.135. The summed E-state index contributed by atoms with van der Waals surface area (Å²) in [6.07, 6.45) is 10.6. The average Bonchev–Trinajstić information content (AvgIpc) is 3.49. The topological polar surface area (TPSA) is 58.1 Å². The number of fused-ring (bicyclic) bond motifs is 1. The van der Waals surface area contributed by atoms with E-state index in [1.165, 1.54) is 31.2 Å². The Morgan fingerprint density at radius 1 is 1.06 bits per heavy atom. The third-order valence-corrected chi connectivity index (χ3v) is 6.96. The smallest absolute Gasteiger partial charge is 0.225 e. The van der Waals surface area contributed by atoms with Crippen molar-refractivity contribution in [2.24, 2.45) is 5.92 Å². The molecule has 0 saturated heterocycles. The fourth-order valence-corrected chi connectivity index (χ4v) is 4.80. The quantitative estimate of drug-likeness (QED) is 0.541. The van der Waals surface area contributed by atoms with E-state index >= 15 is 0 Å². The molecule has 1 unspecified atom stereocenters. The van der Waals surface area contributed by atoms with Crippen molar-refractivity contribution in [3.63, 3.8) is 0 Å². The Morgan fingerprint density at radius 3 is 2.52 bits per heavy atom. The Hall–Kier alpha value is -2.95. The molecule has 5 rings (SSSR count). The second-order valence-electron chi connectivity index (χ2n) is 9.08. The van der Waals surface area contributed by atoms with E-state index < -0.39 is 0 Å². The Kier molecular flexibility index (Phi) is 5.34. The number of aromatic nitrogens is 2. The van der Waals surface area contributed by atoms with E-state index in [1.54, 1.807) is 0 Å². The van der Waals surface area contributed by atoms with Gasteiger partial charge in [0.15, 0.2) is 0 Å². The van der Waals surface area contributed by atoms with Gasteiger partial charge in [-0.1, -0.05) is 25.0 Å². The van der Waals surface area contributed by atoms with Crippen molar-refractivity contribution in [2.45, 2.75) is 57.4 Å². The van der Waals surface area contributed by atoms with Crippen LogP contribution in [0, 0.1) is 5.92 Å². The van der Waals surface area contributed by atoms with Crippen LogP contribution >= 0.6 is 0 Å². The number of nitrogens with zero attached hydrogens (tertiary/aromatic N) is 3. The maximum atomic E-state index is 12.8. The van der Waals surface area contributed by atoms with E-state index in [1.807, 2.05) is 36.5 Å². The third-order valence-electron chi connectivity index (χ3n) is 6.96. The van der Waals surface area contributed by atoms with Gasteiger partial charge in [0.2, 0.25) is 5.91 Å². The molecule has 1 atom stereocenters. The van der Waals surface area contributed by atoms with Gasteiger partial charge in [-0.3, -0.25) is 14.8 Å². The zero-order chi connectivity index (χ0) is 21.4. The number of benzene rings is 1. The lowest BCUT2D eigenvalue weighted by atomic mass is 10.0. The summed E-state index contributed by atoms with van der Waals surface area (Å²) in [4.78, 5) is 23.9. The van der Waals surface area contributed by atoms with E-state index in [9.17, 15) is 4.79 Å². The van der Waals surface area contributed by atoms with Crippen LogP contribution in [-0.4, -0.2) is 27.8 Å². The summed E-state index contributed by atoms with van der Waals surface area (Å²) in [5.41, 5.74) is 6.47. The molecule has 31 heavy (non-hydrogen) atoms. The highest BCUT2D eigenvalue weighted by Gasteiger charge is 2.30. The van der Waals surface area contributed by atoms with Gasteiger partial charge in [0.25, 0.3) is 0 Å². The van der Waals surface area contributed by atoms with E-state index in [2.05, 4.69) is 46.5 Å². The number of amides is 1. The predicted octanol–water partition coefficient (Wildman–Crippen LogP) is 5.96. The number of pyridine rings is 2. The van der Waals surface area contributed by atoms with Crippen molar-refractivity contribution in [1.29, 1.82) is 0 Å². The molecule has 2 fully saturated rings. The molecule has 2 aliphatic carbocycles. The van der Waals surface area contributed by atoms with Crippen LogP contribution in [0.5, 0.6) is 0 Å². The standard InChI is InChI=1S/C26H30N4O/c1-17(30(2)26(31)20-6-3-4-7-20)18-11-13-21(14-12-18)29-23-16-28-22-8-5-15-27-25(22)24(23)19-9-10-19/h5,8,11-17,19-20,29H,3-4,6-7,9-10H2,1-2H3. The van der Waals surface area contributed by atoms with Crippen LogP contribution in [0.4, 0.5) is 11.4 Å². The molecule has 2 aliphatic rings. The Balaban J connectivity index is 1.34. The molecule has 2 saturated carbocycles.